The summed E-state index contributed by atoms with van der Waals surface area (Å²) in [5.41, 5.74) is -1.16. The molecule has 3 N–H and O–H groups in total. The number of carbonyl (C=O) groups excluding carboxylic acids is 2. The molecule has 0 aromatic heterocycles. The van der Waals surface area contributed by atoms with Gasteiger partial charge in [-0.25, -0.2) is 4.90 Å². The summed E-state index contributed by atoms with van der Waals surface area (Å²) < 4.78 is 82.7. The lowest BCUT2D eigenvalue weighted by atomic mass is 9.67. The molecule has 4 atom stereocenters. The molecule has 0 bridgehead atoms. The van der Waals surface area contributed by atoms with Gasteiger partial charge in [-0.05, 0) is 84.9 Å². The van der Waals surface area contributed by atoms with Crippen molar-refractivity contribution >= 4 is 45.1 Å². The number of nitrogens with zero attached hydrogens (tertiary/aromatic N) is 1. The van der Waals surface area contributed by atoms with Crippen LogP contribution in [0.4, 0.5) is 32.0 Å². The average molecular weight is 767 g/mol. The van der Waals surface area contributed by atoms with Crippen LogP contribution in [0.25, 0.3) is 11.6 Å². The largest absolute Gasteiger partial charge is 0.507 e. The van der Waals surface area contributed by atoms with Crippen LogP contribution < -0.4 is 4.90 Å². The fourth-order valence-corrected chi connectivity index (χ4v) is 7.43. The topological polar surface area (TPSA) is 98.1 Å². The monoisotopic (exact) mass is 765 g/mol. The Labute approximate surface area is 292 Å². The Balaban J connectivity index is 1.50. The van der Waals surface area contributed by atoms with Gasteiger partial charge in [0.05, 0.1) is 41.4 Å². The number of aliphatic hydroxyl groups excluding tert-OH is 2. The van der Waals surface area contributed by atoms with Crippen molar-refractivity contribution < 1.29 is 51.3 Å². The zero-order valence-electron chi connectivity index (χ0n) is 26.7. The van der Waals surface area contributed by atoms with Gasteiger partial charge < -0.3 is 15.3 Å². The van der Waals surface area contributed by atoms with E-state index in [2.05, 4.69) is 15.9 Å². The highest BCUT2D eigenvalue weighted by Gasteiger charge is 2.55. The smallest absolute Gasteiger partial charge is 0.416 e. The van der Waals surface area contributed by atoms with Crippen LogP contribution in [-0.2, 0) is 21.9 Å². The highest BCUT2D eigenvalue weighted by atomic mass is 79.9. The number of halogens is 7. The number of anilines is 1. The molecule has 0 unspecified atom stereocenters. The van der Waals surface area contributed by atoms with Crippen molar-refractivity contribution in [2.45, 2.75) is 57.5 Å². The van der Waals surface area contributed by atoms with Gasteiger partial charge in [0.2, 0.25) is 11.8 Å². The lowest BCUT2D eigenvalue weighted by Gasteiger charge is -2.36. The Bertz CT molecular complexity index is 1790. The van der Waals surface area contributed by atoms with Gasteiger partial charge in [-0.2, -0.15) is 26.3 Å². The number of benzene rings is 3. The molecule has 266 valence electrons. The molecule has 1 aliphatic heterocycles. The van der Waals surface area contributed by atoms with E-state index in [0.717, 1.165) is 15.6 Å². The number of hydrogen-bond acceptors (Lipinski definition) is 5. The minimum atomic E-state index is -5.20. The third kappa shape index (κ3) is 7.69. The van der Waals surface area contributed by atoms with Crippen molar-refractivity contribution in [2.75, 3.05) is 11.5 Å². The maximum Gasteiger partial charge on any atom is 0.416 e. The molecule has 1 fully saturated rings. The first-order valence-electron chi connectivity index (χ1n) is 16.0. The maximum absolute atomic E-state index is 13.9. The predicted octanol–water partition coefficient (Wildman–Crippen LogP) is 8.79. The van der Waals surface area contributed by atoms with Crippen LogP contribution in [0.1, 0.15) is 61.3 Å². The van der Waals surface area contributed by atoms with Gasteiger partial charge in [-0.1, -0.05) is 65.2 Å². The molecule has 3 aromatic carbocycles. The zero-order valence-corrected chi connectivity index (χ0v) is 28.3. The van der Waals surface area contributed by atoms with Gasteiger partial charge >= 0.3 is 12.4 Å². The standard InChI is InChI=1S/C37H34BrF6NO5/c1-2-6-22-15-28-33(35(50)45(34(28)49)27-17-24(36(39,40)41)16-25(18-27)37(42,43)44)29(19-46)32(22)31(48)11-9-21(20-7-4-3-5-8-20)13-23-14-26(38)10-12-30(23)47/h3-5,7-8,10,12-14,16-18,28-29,31,33,46-48H,2,6,9,11,15,19H2,1H3/b21-13-/t28-,29+,31-,33-/m1/s1. The number of alkyl halides is 6. The van der Waals surface area contributed by atoms with E-state index in [4.69, 9.17) is 0 Å². The summed E-state index contributed by atoms with van der Waals surface area (Å²) in [6.07, 6.45) is -8.58. The van der Waals surface area contributed by atoms with Crippen molar-refractivity contribution in [2.24, 2.45) is 17.8 Å². The molecule has 0 saturated carbocycles. The molecule has 13 heteroatoms. The first-order valence-corrected chi connectivity index (χ1v) is 16.8. The van der Waals surface area contributed by atoms with E-state index in [1.807, 2.05) is 37.3 Å². The first-order chi connectivity index (χ1) is 23.5. The molecule has 6 nitrogen and oxygen atoms in total. The number of allylic oxidation sites excluding steroid dienone is 2. The molecular formula is C37H34BrF6NO5. The van der Waals surface area contributed by atoms with Crippen LogP contribution in [0.5, 0.6) is 5.75 Å². The number of aliphatic hydroxyl groups is 2. The number of hydrogen-bond donors (Lipinski definition) is 3. The minimum Gasteiger partial charge on any atom is -0.507 e. The van der Waals surface area contributed by atoms with E-state index >= 15 is 0 Å². The number of fused-ring (bicyclic) bond motifs is 1. The SMILES string of the molecule is CCCC1=C([C@H](O)CC/C(=C/c2cc(Br)ccc2O)c2ccccc2)[C@H](CO)[C@@H]2C(=O)N(c3cc(C(F)(F)F)cc(C(F)(F)F)c3)C(=O)[C@@H]2C1. The van der Waals surface area contributed by atoms with E-state index in [0.29, 0.717) is 46.6 Å². The van der Waals surface area contributed by atoms with Gasteiger partial charge in [0.25, 0.3) is 0 Å². The number of phenolic OH excluding ortho intramolecular Hbond substituents is 1. The second kappa shape index (κ2) is 14.7. The summed E-state index contributed by atoms with van der Waals surface area (Å²) in [7, 11) is 0. The Morgan fingerprint density at radius 2 is 1.60 bits per heavy atom. The van der Waals surface area contributed by atoms with E-state index in [9.17, 15) is 51.3 Å². The minimum absolute atomic E-state index is 0.0332. The second-order valence-corrected chi connectivity index (χ2v) is 13.4. The Morgan fingerprint density at radius 3 is 2.18 bits per heavy atom. The van der Waals surface area contributed by atoms with E-state index < -0.39 is 71.4 Å². The molecule has 50 heavy (non-hydrogen) atoms. The fraction of sp³-hybridized carbons (Fsp3) is 0.351. The Hall–Kier alpha value is -3.94. The van der Waals surface area contributed by atoms with Crippen LogP contribution >= 0.6 is 15.9 Å². The number of phenols is 1. The maximum atomic E-state index is 13.9. The van der Waals surface area contributed by atoms with Crippen LogP contribution in [-0.4, -0.2) is 39.8 Å². The van der Waals surface area contributed by atoms with Crippen molar-refractivity contribution in [1.82, 2.24) is 0 Å². The quantitative estimate of drug-likeness (QED) is 0.0830. The lowest BCUT2D eigenvalue weighted by molar-refractivity contribution is -0.143. The second-order valence-electron chi connectivity index (χ2n) is 12.5. The summed E-state index contributed by atoms with van der Waals surface area (Å²) >= 11 is 3.40. The summed E-state index contributed by atoms with van der Waals surface area (Å²) in [4.78, 5) is 27.9. The van der Waals surface area contributed by atoms with Crippen LogP contribution in [0, 0.1) is 17.8 Å². The Morgan fingerprint density at radius 1 is 0.960 bits per heavy atom. The molecule has 3 aromatic rings. The molecular weight excluding hydrogens is 732 g/mol. The van der Waals surface area contributed by atoms with E-state index in [1.54, 1.807) is 18.2 Å². The fourth-order valence-electron chi connectivity index (χ4n) is 7.05. The Kier molecular flexibility index (Phi) is 11.0. The van der Waals surface area contributed by atoms with Crippen LogP contribution in [0.15, 0.2) is 82.3 Å². The van der Waals surface area contributed by atoms with Gasteiger partial charge in [0.1, 0.15) is 5.75 Å². The number of amides is 2. The molecule has 0 radical (unpaired) electrons. The first kappa shape index (κ1) is 37.3. The summed E-state index contributed by atoms with van der Waals surface area (Å²) in [5.74, 6) is -5.55. The highest BCUT2D eigenvalue weighted by Crippen LogP contribution is 2.49. The molecule has 2 amide bonds. The van der Waals surface area contributed by atoms with Crippen molar-refractivity contribution in [3.05, 3.63) is 105 Å². The van der Waals surface area contributed by atoms with E-state index in [-0.39, 0.29) is 31.1 Å². The van der Waals surface area contributed by atoms with Gasteiger partial charge in [0, 0.05) is 16.0 Å². The number of aromatic hydroxyl groups is 1. The predicted molar refractivity (Wildman–Crippen MR) is 178 cm³/mol. The summed E-state index contributed by atoms with van der Waals surface area (Å²) in [6.45, 7) is 1.16. The molecule has 2 aliphatic rings. The zero-order chi connectivity index (χ0) is 36.5. The molecule has 5 rings (SSSR count). The van der Waals surface area contributed by atoms with Crippen LogP contribution in [0.3, 0.4) is 0 Å². The van der Waals surface area contributed by atoms with Crippen LogP contribution in [0.2, 0.25) is 0 Å². The third-order valence-corrected chi connectivity index (χ3v) is 9.77. The molecule has 0 spiro atoms. The third-order valence-electron chi connectivity index (χ3n) is 9.27. The number of imide groups is 1. The van der Waals surface area contributed by atoms with E-state index in [1.165, 1.54) is 6.07 Å². The normalized spacial score (nSPS) is 20.8. The highest BCUT2D eigenvalue weighted by molar-refractivity contribution is 9.10. The average Bonchev–Trinajstić information content (AvgIpc) is 3.31. The molecule has 1 saturated heterocycles. The van der Waals surface area contributed by atoms with Gasteiger partial charge in [-0.3, -0.25) is 9.59 Å². The van der Waals surface area contributed by atoms with Crippen molar-refractivity contribution in [1.29, 1.82) is 0 Å². The van der Waals surface area contributed by atoms with Crippen molar-refractivity contribution in [3.63, 3.8) is 0 Å². The lowest BCUT2D eigenvalue weighted by Crippen LogP contribution is -2.39. The van der Waals surface area contributed by atoms with Gasteiger partial charge in [-0.15, -0.1) is 0 Å². The molecule has 1 heterocycles. The number of carbonyl (C=O) groups is 2. The summed E-state index contributed by atoms with van der Waals surface area (Å²) in [6, 6.07) is 14.8. The number of rotatable bonds is 10. The van der Waals surface area contributed by atoms with Gasteiger partial charge in [0.15, 0.2) is 0 Å². The molecule has 1 aliphatic carbocycles. The van der Waals surface area contributed by atoms with Crippen molar-refractivity contribution in [3.8, 4) is 5.75 Å². The summed E-state index contributed by atoms with van der Waals surface area (Å²) in [5, 5.41) is 32.9.